The molecule has 1 aromatic carbocycles. The van der Waals surface area contributed by atoms with E-state index in [1.54, 1.807) is 0 Å². The highest BCUT2D eigenvalue weighted by Gasteiger charge is 2.24. The molecule has 1 saturated carbocycles. The van der Waals surface area contributed by atoms with E-state index in [9.17, 15) is 4.79 Å². The monoisotopic (exact) mass is 324 g/mol. The number of hydrazone groups is 1. The lowest BCUT2D eigenvalue weighted by Gasteiger charge is -2.08. The summed E-state index contributed by atoms with van der Waals surface area (Å²) in [6, 6.07) is 5.67. The largest absolute Gasteiger partial charge is 0.483 e. The van der Waals surface area contributed by atoms with Crippen molar-refractivity contribution in [2.45, 2.75) is 26.7 Å². The van der Waals surface area contributed by atoms with Gasteiger partial charge in [0.2, 0.25) is 0 Å². The fourth-order valence-electron chi connectivity index (χ4n) is 1.69. The van der Waals surface area contributed by atoms with Gasteiger partial charge in [0.05, 0.1) is 0 Å². The molecule has 0 aromatic heterocycles. The zero-order chi connectivity index (χ0) is 13.8. The van der Waals surface area contributed by atoms with E-state index in [1.807, 2.05) is 32.0 Å². The van der Waals surface area contributed by atoms with Gasteiger partial charge in [0, 0.05) is 10.2 Å². The van der Waals surface area contributed by atoms with Crippen LogP contribution >= 0.6 is 15.9 Å². The number of carbonyl (C=O) groups excluding carboxylic acids is 1. The molecule has 0 heterocycles. The first-order valence-electron chi connectivity index (χ1n) is 6.28. The quantitative estimate of drug-likeness (QED) is 0.668. The van der Waals surface area contributed by atoms with Crippen LogP contribution in [0.1, 0.15) is 25.3 Å². The molecule has 1 aliphatic carbocycles. The van der Waals surface area contributed by atoms with E-state index in [-0.39, 0.29) is 12.5 Å². The smallest absolute Gasteiger partial charge is 0.277 e. The van der Waals surface area contributed by atoms with Gasteiger partial charge in [0.1, 0.15) is 5.75 Å². The lowest BCUT2D eigenvalue weighted by Crippen LogP contribution is -2.25. The normalized spacial score (nSPS) is 15.2. The molecule has 1 aliphatic rings. The molecule has 0 saturated heterocycles. The van der Waals surface area contributed by atoms with Crippen molar-refractivity contribution in [2.24, 2.45) is 11.0 Å². The Morgan fingerprint density at radius 1 is 1.53 bits per heavy atom. The Balaban J connectivity index is 1.81. The molecule has 4 nitrogen and oxygen atoms in total. The highest BCUT2D eigenvalue weighted by molar-refractivity contribution is 9.10. The van der Waals surface area contributed by atoms with Crippen molar-refractivity contribution >= 4 is 27.5 Å². The molecule has 5 heteroatoms. The number of carbonyl (C=O) groups is 1. The minimum absolute atomic E-state index is 0.0239. The molecule has 0 atom stereocenters. The lowest BCUT2D eigenvalue weighted by atomic mass is 10.2. The number of amides is 1. The maximum atomic E-state index is 11.6. The Bertz CT molecular complexity index is 510. The molecule has 0 unspecified atom stereocenters. The van der Waals surface area contributed by atoms with Crippen LogP contribution < -0.4 is 10.2 Å². The minimum Gasteiger partial charge on any atom is -0.483 e. The summed E-state index contributed by atoms with van der Waals surface area (Å²) < 4.78 is 6.45. The summed E-state index contributed by atoms with van der Waals surface area (Å²) in [7, 11) is 0. The third-order valence-electron chi connectivity index (χ3n) is 3.02. The van der Waals surface area contributed by atoms with Crippen molar-refractivity contribution in [1.29, 1.82) is 0 Å². The number of aryl methyl sites for hydroxylation is 1. The molecule has 1 N–H and O–H groups in total. The summed E-state index contributed by atoms with van der Waals surface area (Å²) in [4.78, 5) is 11.6. The summed E-state index contributed by atoms with van der Waals surface area (Å²) >= 11 is 3.38. The molecular formula is C14H17BrN2O2. The van der Waals surface area contributed by atoms with Crippen molar-refractivity contribution in [1.82, 2.24) is 5.43 Å². The predicted molar refractivity (Wildman–Crippen MR) is 78.3 cm³/mol. The Morgan fingerprint density at radius 2 is 2.26 bits per heavy atom. The number of benzene rings is 1. The standard InChI is InChI=1S/C14H17BrN2O2/c1-9-7-12(15)5-6-13(9)19-8-14(18)17-16-10(2)11-3-4-11/h5-7,11H,3-4,8H2,1-2H3,(H,17,18). The first-order chi connectivity index (χ1) is 9.06. The molecule has 1 amide bonds. The van der Waals surface area contributed by atoms with E-state index in [0.29, 0.717) is 11.7 Å². The number of halogens is 1. The fraction of sp³-hybridized carbons (Fsp3) is 0.429. The first-order valence-corrected chi connectivity index (χ1v) is 7.07. The van der Waals surface area contributed by atoms with Gasteiger partial charge in [-0.15, -0.1) is 0 Å². The third-order valence-corrected chi connectivity index (χ3v) is 3.51. The summed E-state index contributed by atoms with van der Waals surface area (Å²) in [6.45, 7) is 3.86. The second-order valence-electron chi connectivity index (χ2n) is 4.76. The van der Waals surface area contributed by atoms with Gasteiger partial charge in [-0.3, -0.25) is 4.79 Å². The number of hydrogen-bond acceptors (Lipinski definition) is 3. The van der Waals surface area contributed by atoms with Crippen molar-refractivity contribution in [2.75, 3.05) is 6.61 Å². The number of hydrogen-bond donors (Lipinski definition) is 1. The van der Waals surface area contributed by atoms with Crippen LogP contribution in [-0.2, 0) is 4.79 Å². The van der Waals surface area contributed by atoms with Crippen LogP contribution in [0.15, 0.2) is 27.8 Å². The van der Waals surface area contributed by atoms with Crippen LogP contribution in [0.2, 0.25) is 0 Å². The molecular weight excluding hydrogens is 308 g/mol. The number of nitrogens with one attached hydrogen (secondary N) is 1. The number of nitrogens with zero attached hydrogens (tertiary/aromatic N) is 1. The number of rotatable bonds is 5. The van der Waals surface area contributed by atoms with Crippen LogP contribution in [0.3, 0.4) is 0 Å². The van der Waals surface area contributed by atoms with E-state index >= 15 is 0 Å². The van der Waals surface area contributed by atoms with E-state index in [2.05, 4.69) is 26.5 Å². The van der Waals surface area contributed by atoms with Crippen LogP contribution in [0.5, 0.6) is 5.75 Å². The fourth-order valence-corrected chi connectivity index (χ4v) is 2.17. The molecule has 19 heavy (non-hydrogen) atoms. The van der Waals surface area contributed by atoms with Gasteiger partial charge in [-0.1, -0.05) is 15.9 Å². The average molecular weight is 325 g/mol. The second kappa shape index (κ2) is 6.19. The zero-order valence-corrected chi connectivity index (χ0v) is 12.7. The zero-order valence-electron chi connectivity index (χ0n) is 11.1. The summed E-state index contributed by atoms with van der Waals surface area (Å²) in [5, 5.41) is 4.06. The second-order valence-corrected chi connectivity index (χ2v) is 5.68. The maximum absolute atomic E-state index is 11.6. The third kappa shape index (κ3) is 4.35. The highest BCUT2D eigenvalue weighted by atomic mass is 79.9. The topological polar surface area (TPSA) is 50.7 Å². The molecule has 0 aliphatic heterocycles. The van der Waals surface area contributed by atoms with Crippen LogP contribution in [0.25, 0.3) is 0 Å². The van der Waals surface area contributed by atoms with Crippen LogP contribution in [0.4, 0.5) is 0 Å². The predicted octanol–water partition coefficient (Wildman–Crippen LogP) is 3.04. The lowest BCUT2D eigenvalue weighted by molar-refractivity contribution is -0.123. The molecule has 1 fully saturated rings. The van der Waals surface area contributed by atoms with Gasteiger partial charge in [0.25, 0.3) is 5.91 Å². The molecule has 2 rings (SSSR count). The van der Waals surface area contributed by atoms with E-state index in [0.717, 1.165) is 15.7 Å². The van der Waals surface area contributed by atoms with Gasteiger partial charge in [-0.25, -0.2) is 5.43 Å². The van der Waals surface area contributed by atoms with Gasteiger partial charge in [0.15, 0.2) is 6.61 Å². The highest BCUT2D eigenvalue weighted by Crippen LogP contribution is 2.30. The van der Waals surface area contributed by atoms with Gasteiger partial charge in [-0.05, 0) is 56.4 Å². The first kappa shape index (κ1) is 14.1. The maximum Gasteiger partial charge on any atom is 0.277 e. The molecule has 0 spiro atoms. The molecule has 0 bridgehead atoms. The van der Waals surface area contributed by atoms with Crippen LogP contribution in [-0.4, -0.2) is 18.2 Å². The Morgan fingerprint density at radius 3 is 2.89 bits per heavy atom. The molecule has 0 radical (unpaired) electrons. The molecule has 102 valence electrons. The number of ether oxygens (including phenoxy) is 1. The van der Waals surface area contributed by atoms with E-state index in [1.165, 1.54) is 12.8 Å². The SMILES string of the molecule is CC(=NNC(=O)COc1ccc(Br)cc1C)C1CC1. The van der Waals surface area contributed by atoms with Crippen molar-refractivity contribution in [3.8, 4) is 5.75 Å². The van der Waals surface area contributed by atoms with E-state index < -0.39 is 0 Å². The average Bonchev–Trinajstić information content (AvgIpc) is 3.19. The Kier molecular flexibility index (Phi) is 4.58. The summed E-state index contributed by atoms with van der Waals surface area (Å²) in [6.07, 6.45) is 2.36. The van der Waals surface area contributed by atoms with Crippen molar-refractivity contribution in [3.05, 3.63) is 28.2 Å². The Labute approximate surface area is 121 Å². The van der Waals surface area contributed by atoms with Gasteiger partial charge >= 0.3 is 0 Å². The summed E-state index contributed by atoms with van der Waals surface area (Å²) in [5.74, 6) is 1.04. The Hall–Kier alpha value is -1.36. The van der Waals surface area contributed by atoms with E-state index in [4.69, 9.17) is 4.74 Å². The van der Waals surface area contributed by atoms with Crippen molar-refractivity contribution in [3.63, 3.8) is 0 Å². The van der Waals surface area contributed by atoms with Crippen LogP contribution in [0, 0.1) is 12.8 Å². The summed E-state index contributed by atoms with van der Waals surface area (Å²) in [5.41, 5.74) is 4.50. The van der Waals surface area contributed by atoms with Crippen molar-refractivity contribution < 1.29 is 9.53 Å². The van der Waals surface area contributed by atoms with Gasteiger partial charge in [-0.2, -0.15) is 5.10 Å². The minimum atomic E-state index is -0.234. The molecule has 1 aromatic rings. The van der Waals surface area contributed by atoms with Gasteiger partial charge < -0.3 is 4.74 Å².